The van der Waals surface area contributed by atoms with E-state index in [-0.39, 0.29) is 27.4 Å². The molecule has 202 valence electrons. The lowest BCUT2D eigenvalue weighted by molar-refractivity contribution is 0.387. The number of hydrogen-bond donors (Lipinski definition) is 0. The van der Waals surface area contributed by atoms with Gasteiger partial charge in [0.2, 0.25) is 5.28 Å². The molecule has 6 aromatic heterocycles. The molecule has 0 aliphatic rings. The van der Waals surface area contributed by atoms with Crippen molar-refractivity contribution in [1.82, 2.24) is 29.9 Å². The van der Waals surface area contributed by atoms with Crippen molar-refractivity contribution in [3.05, 3.63) is 102 Å². The lowest BCUT2D eigenvalue weighted by Crippen LogP contribution is -1.99. The Bertz CT molecular complexity index is 1990. The Morgan fingerprint density at radius 1 is 0.707 bits per heavy atom. The van der Waals surface area contributed by atoms with Crippen molar-refractivity contribution in [2.75, 3.05) is 7.11 Å². The molecule has 7 rings (SSSR count). The van der Waals surface area contributed by atoms with E-state index in [1.165, 1.54) is 19.2 Å². The zero-order valence-electron chi connectivity index (χ0n) is 21.1. The van der Waals surface area contributed by atoms with Crippen LogP contribution >= 0.6 is 23.2 Å². The number of pyridine rings is 2. The first-order valence-electron chi connectivity index (χ1n) is 12.0. The summed E-state index contributed by atoms with van der Waals surface area (Å²) in [5, 5.41) is 1.87. The Hall–Kier alpha value is -4.93. The normalized spacial score (nSPS) is 10.9. The summed E-state index contributed by atoms with van der Waals surface area (Å²) >= 11 is 11.8. The van der Waals surface area contributed by atoms with Crippen LogP contribution in [0.2, 0.25) is 10.3 Å². The van der Waals surface area contributed by atoms with Crippen molar-refractivity contribution in [1.29, 1.82) is 0 Å². The number of fused-ring (bicyclic) bond motifs is 2. The zero-order valence-corrected chi connectivity index (χ0v) is 22.6. The largest absolute Gasteiger partial charge is 0.492 e. The van der Waals surface area contributed by atoms with E-state index < -0.39 is 5.82 Å². The highest BCUT2D eigenvalue weighted by atomic mass is 35.5. The number of aromatic nitrogens is 6. The van der Waals surface area contributed by atoms with Crippen molar-refractivity contribution in [3.8, 4) is 40.0 Å². The number of rotatable bonds is 4. The minimum atomic E-state index is -0.629. The fourth-order valence-corrected chi connectivity index (χ4v) is 4.50. The molecule has 0 saturated carbocycles. The van der Waals surface area contributed by atoms with Crippen LogP contribution in [0.3, 0.4) is 0 Å². The molecule has 0 fully saturated rings. The molecule has 0 unspecified atom stereocenters. The average Bonchev–Trinajstić information content (AvgIpc) is 3.72. The van der Waals surface area contributed by atoms with E-state index in [9.17, 15) is 4.39 Å². The third-order valence-corrected chi connectivity index (χ3v) is 6.39. The van der Waals surface area contributed by atoms with Crippen molar-refractivity contribution < 1.29 is 18.0 Å². The number of halogens is 3. The van der Waals surface area contributed by atoms with E-state index >= 15 is 0 Å². The minimum absolute atomic E-state index is 0.0524. The number of benzene rings is 1. The van der Waals surface area contributed by atoms with Gasteiger partial charge in [0.05, 0.1) is 30.2 Å². The monoisotopic (exact) mass is 586 g/mol. The van der Waals surface area contributed by atoms with E-state index in [4.69, 9.17) is 36.8 Å². The second-order valence-electron chi connectivity index (χ2n) is 8.38. The standard InChI is InChI=1S/C18H11ClFN3O2.C11H6ClN3O/c1-24-16-12(19)7-6-10(14(16)20)18-22-15(13-5-3-9-25-13)11-4-2-8-21-17(11)23-18;12-11-14-9(8-4-2-6-16-8)7-3-1-5-13-10(7)15-11/h2-9H,1H3;1-6H. The highest BCUT2D eigenvalue weighted by Crippen LogP contribution is 2.35. The van der Waals surface area contributed by atoms with Crippen molar-refractivity contribution in [2.45, 2.75) is 0 Å². The second-order valence-corrected chi connectivity index (χ2v) is 9.13. The van der Waals surface area contributed by atoms with Gasteiger partial charge in [-0.1, -0.05) is 11.6 Å². The lowest BCUT2D eigenvalue weighted by Gasteiger charge is -2.10. The summed E-state index contributed by atoms with van der Waals surface area (Å²) in [7, 11) is 1.35. The third kappa shape index (κ3) is 5.18. The van der Waals surface area contributed by atoms with Gasteiger partial charge < -0.3 is 13.6 Å². The van der Waals surface area contributed by atoms with Crippen molar-refractivity contribution in [3.63, 3.8) is 0 Å². The molecular weight excluding hydrogens is 570 g/mol. The molecule has 0 aliphatic heterocycles. The minimum Gasteiger partial charge on any atom is -0.492 e. The van der Waals surface area contributed by atoms with Crippen LogP contribution in [0.15, 0.2) is 94.4 Å². The van der Waals surface area contributed by atoms with E-state index in [0.717, 1.165) is 5.39 Å². The molecule has 9 nitrogen and oxygen atoms in total. The van der Waals surface area contributed by atoms with Gasteiger partial charge in [-0.2, -0.15) is 4.98 Å². The summed E-state index contributed by atoms with van der Waals surface area (Å²) in [6, 6.07) is 17.5. The molecule has 7 aromatic rings. The van der Waals surface area contributed by atoms with Crippen LogP contribution in [-0.2, 0) is 0 Å². The maximum absolute atomic E-state index is 14.8. The van der Waals surface area contributed by atoms with Gasteiger partial charge in [0, 0.05) is 23.2 Å². The van der Waals surface area contributed by atoms with Crippen LogP contribution < -0.4 is 4.74 Å². The Morgan fingerprint density at radius 2 is 1.32 bits per heavy atom. The van der Waals surface area contributed by atoms with Gasteiger partial charge in [-0.25, -0.2) is 29.3 Å². The molecule has 6 heterocycles. The summed E-state index contributed by atoms with van der Waals surface area (Å²) in [5.41, 5.74) is 2.36. The SMILES string of the molecule is COc1c(Cl)ccc(-c2nc(-c3ccco3)c3cccnc3n2)c1F.Clc1nc(-c2ccco2)c2cccnc2n1. The molecule has 0 aliphatic carbocycles. The Labute approximate surface area is 241 Å². The number of methoxy groups -OCH3 is 1. The summed E-state index contributed by atoms with van der Waals surface area (Å²) < 4.78 is 30.6. The molecular formula is C29H17Cl2FN6O3. The van der Waals surface area contributed by atoms with Crippen LogP contribution in [0.5, 0.6) is 5.75 Å². The van der Waals surface area contributed by atoms with Crippen LogP contribution in [-0.4, -0.2) is 37.0 Å². The van der Waals surface area contributed by atoms with E-state index in [2.05, 4.69) is 29.9 Å². The summed E-state index contributed by atoms with van der Waals surface area (Å²) in [6.45, 7) is 0. The zero-order chi connectivity index (χ0) is 28.3. The number of ether oxygens (including phenoxy) is 1. The van der Waals surface area contributed by atoms with E-state index in [1.807, 2.05) is 24.3 Å². The number of nitrogens with zero attached hydrogens (tertiary/aromatic N) is 6. The van der Waals surface area contributed by atoms with E-state index in [1.54, 1.807) is 49.2 Å². The molecule has 0 N–H and O–H groups in total. The number of hydrogen-bond acceptors (Lipinski definition) is 9. The molecule has 0 spiro atoms. The van der Waals surface area contributed by atoms with Crippen LogP contribution in [0.1, 0.15) is 0 Å². The highest BCUT2D eigenvalue weighted by molar-refractivity contribution is 6.32. The van der Waals surface area contributed by atoms with Gasteiger partial charge in [-0.15, -0.1) is 0 Å². The molecule has 12 heteroatoms. The van der Waals surface area contributed by atoms with Crippen molar-refractivity contribution >= 4 is 45.3 Å². The first-order chi connectivity index (χ1) is 20.0. The molecule has 1 aromatic carbocycles. The molecule has 0 atom stereocenters. The van der Waals surface area contributed by atoms with Crippen LogP contribution in [0.4, 0.5) is 4.39 Å². The molecule has 0 amide bonds. The molecule has 41 heavy (non-hydrogen) atoms. The Morgan fingerprint density at radius 3 is 1.90 bits per heavy atom. The molecule has 0 bridgehead atoms. The summed E-state index contributed by atoms with van der Waals surface area (Å²) in [5.74, 6) is 0.689. The maximum atomic E-state index is 14.8. The van der Waals surface area contributed by atoms with Gasteiger partial charge in [0.25, 0.3) is 0 Å². The first-order valence-corrected chi connectivity index (χ1v) is 12.8. The first kappa shape index (κ1) is 26.3. The van der Waals surface area contributed by atoms with Gasteiger partial charge in [-0.05, 0) is 72.3 Å². The van der Waals surface area contributed by atoms with Gasteiger partial charge in [0.15, 0.2) is 40.2 Å². The van der Waals surface area contributed by atoms with Crippen LogP contribution in [0.25, 0.3) is 56.4 Å². The molecule has 0 saturated heterocycles. The predicted octanol–water partition coefficient (Wildman–Crippen LogP) is 7.69. The second kappa shape index (κ2) is 11.3. The topological polar surface area (TPSA) is 113 Å². The Balaban J connectivity index is 0.000000162. The smallest absolute Gasteiger partial charge is 0.225 e. The quantitative estimate of drug-likeness (QED) is 0.191. The summed E-state index contributed by atoms with van der Waals surface area (Å²) in [4.78, 5) is 25.5. The fourth-order valence-electron chi connectivity index (χ4n) is 4.11. The Kier molecular flexibility index (Phi) is 7.24. The fraction of sp³-hybridized carbons (Fsp3) is 0.0345. The number of furan rings is 2. The third-order valence-electron chi connectivity index (χ3n) is 5.92. The van der Waals surface area contributed by atoms with Gasteiger partial charge in [0.1, 0.15) is 11.4 Å². The predicted molar refractivity (Wildman–Crippen MR) is 152 cm³/mol. The average molecular weight is 587 g/mol. The summed E-state index contributed by atoms with van der Waals surface area (Å²) in [6.07, 6.45) is 6.42. The van der Waals surface area contributed by atoms with Crippen LogP contribution in [0, 0.1) is 5.82 Å². The van der Waals surface area contributed by atoms with Crippen molar-refractivity contribution in [2.24, 2.45) is 0 Å². The van der Waals surface area contributed by atoms with Gasteiger partial charge in [-0.3, -0.25) is 0 Å². The molecule has 0 radical (unpaired) electrons. The van der Waals surface area contributed by atoms with Gasteiger partial charge >= 0.3 is 0 Å². The maximum Gasteiger partial charge on any atom is 0.225 e. The van der Waals surface area contributed by atoms with E-state index in [0.29, 0.717) is 39.6 Å². The highest BCUT2D eigenvalue weighted by Gasteiger charge is 2.20. The lowest BCUT2D eigenvalue weighted by atomic mass is 10.1.